The zero-order chi connectivity index (χ0) is 15.3. The predicted molar refractivity (Wildman–Crippen MR) is 82.2 cm³/mol. The van der Waals surface area contributed by atoms with E-state index in [1.807, 2.05) is 14.0 Å². The third-order valence-electron chi connectivity index (χ3n) is 5.10. The number of hydrogen-bond donors (Lipinski definition) is 1. The summed E-state index contributed by atoms with van der Waals surface area (Å²) in [4.78, 5) is 14.8. The van der Waals surface area contributed by atoms with E-state index < -0.39 is 5.54 Å². The van der Waals surface area contributed by atoms with Crippen molar-refractivity contribution in [2.24, 2.45) is 5.92 Å². The van der Waals surface area contributed by atoms with E-state index in [0.717, 1.165) is 39.0 Å². The summed E-state index contributed by atoms with van der Waals surface area (Å²) in [5.41, 5.74) is -0.477. The molecular formula is C16H30N2O3. The molecule has 1 N–H and O–H groups in total. The summed E-state index contributed by atoms with van der Waals surface area (Å²) in [7, 11) is 3.66. The van der Waals surface area contributed by atoms with Crippen LogP contribution in [0.3, 0.4) is 0 Å². The van der Waals surface area contributed by atoms with Gasteiger partial charge in [0.05, 0.1) is 13.2 Å². The van der Waals surface area contributed by atoms with Crippen molar-refractivity contribution in [3.05, 3.63) is 0 Å². The lowest BCUT2D eigenvalue weighted by Gasteiger charge is -2.37. The number of hydrogen-bond acceptors (Lipinski definition) is 5. The summed E-state index contributed by atoms with van der Waals surface area (Å²) in [6, 6.07) is 0.488. The van der Waals surface area contributed by atoms with Crippen molar-refractivity contribution < 1.29 is 14.3 Å². The van der Waals surface area contributed by atoms with Crippen molar-refractivity contribution in [2.75, 3.05) is 40.5 Å². The smallest absolute Gasteiger partial charge is 0.326 e. The minimum absolute atomic E-state index is 0.0829. The van der Waals surface area contributed by atoms with Gasteiger partial charge in [-0.3, -0.25) is 9.69 Å². The Labute approximate surface area is 128 Å². The van der Waals surface area contributed by atoms with Crippen molar-refractivity contribution in [3.63, 3.8) is 0 Å². The third-order valence-corrected chi connectivity index (χ3v) is 5.10. The molecule has 1 aliphatic carbocycles. The number of methoxy groups -OCH3 is 1. The molecule has 0 amide bonds. The molecule has 2 fully saturated rings. The monoisotopic (exact) mass is 298 g/mol. The highest BCUT2D eigenvalue weighted by Gasteiger charge is 2.47. The van der Waals surface area contributed by atoms with Crippen molar-refractivity contribution >= 4 is 5.97 Å². The van der Waals surface area contributed by atoms with Gasteiger partial charge in [0, 0.05) is 19.7 Å². The first kappa shape index (κ1) is 16.7. The van der Waals surface area contributed by atoms with Gasteiger partial charge in [0.1, 0.15) is 5.54 Å². The highest BCUT2D eigenvalue weighted by molar-refractivity contribution is 5.81. The van der Waals surface area contributed by atoms with Crippen LogP contribution in [-0.2, 0) is 14.3 Å². The summed E-state index contributed by atoms with van der Waals surface area (Å²) < 4.78 is 10.6. The van der Waals surface area contributed by atoms with E-state index in [9.17, 15) is 4.79 Å². The first-order chi connectivity index (χ1) is 10.1. The minimum Gasteiger partial charge on any atom is -0.465 e. The van der Waals surface area contributed by atoms with E-state index in [4.69, 9.17) is 9.47 Å². The molecule has 0 bridgehead atoms. The van der Waals surface area contributed by atoms with Crippen LogP contribution in [-0.4, -0.2) is 62.9 Å². The minimum atomic E-state index is -0.477. The molecule has 1 saturated heterocycles. The lowest BCUT2D eigenvalue weighted by molar-refractivity contribution is -0.151. The average Bonchev–Trinajstić information content (AvgIpc) is 2.94. The molecule has 0 aromatic heterocycles. The van der Waals surface area contributed by atoms with Crippen LogP contribution < -0.4 is 5.32 Å². The molecule has 0 aromatic rings. The standard InChI is InChI=1S/C16H30N2O3/c1-4-21-15(19)16(17-2)8-7-14(10-16)18-9-5-6-13(11-18)12-20-3/h13-14,17H,4-12H2,1-3H3. The number of likely N-dealkylation sites (N-methyl/N-ethyl adjacent to an activating group) is 1. The van der Waals surface area contributed by atoms with Crippen LogP contribution in [0.5, 0.6) is 0 Å². The van der Waals surface area contributed by atoms with E-state index in [0.29, 0.717) is 18.6 Å². The molecule has 5 heteroatoms. The molecule has 0 aromatic carbocycles. The van der Waals surface area contributed by atoms with Crippen LogP contribution in [0.25, 0.3) is 0 Å². The van der Waals surface area contributed by atoms with Gasteiger partial charge in [0.15, 0.2) is 0 Å². The van der Waals surface area contributed by atoms with Gasteiger partial charge < -0.3 is 14.8 Å². The number of carbonyl (C=O) groups excluding carboxylic acids is 1. The maximum Gasteiger partial charge on any atom is 0.326 e. The van der Waals surface area contributed by atoms with Gasteiger partial charge in [0.2, 0.25) is 0 Å². The molecule has 3 unspecified atom stereocenters. The largest absolute Gasteiger partial charge is 0.465 e. The molecule has 122 valence electrons. The fourth-order valence-electron chi connectivity index (χ4n) is 3.92. The number of piperidine rings is 1. The highest BCUT2D eigenvalue weighted by Crippen LogP contribution is 2.35. The Kier molecular flexibility index (Phi) is 6.02. The number of likely N-dealkylation sites (tertiary alicyclic amines) is 1. The van der Waals surface area contributed by atoms with Crippen molar-refractivity contribution in [1.82, 2.24) is 10.2 Å². The zero-order valence-electron chi connectivity index (χ0n) is 13.7. The molecule has 0 radical (unpaired) electrons. The van der Waals surface area contributed by atoms with Crippen molar-refractivity contribution in [1.29, 1.82) is 0 Å². The first-order valence-corrected chi connectivity index (χ1v) is 8.24. The second kappa shape index (κ2) is 7.56. The maximum absolute atomic E-state index is 12.3. The first-order valence-electron chi connectivity index (χ1n) is 8.24. The Morgan fingerprint density at radius 1 is 1.43 bits per heavy atom. The maximum atomic E-state index is 12.3. The van der Waals surface area contributed by atoms with Gasteiger partial charge in [-0.1, -0.05) is 0 Å². The number of ether oxygens (including phenoxy) is 2. The Balaban J connectivity index is 1.95. The number of rotatable bonds is 6. The molecule has 1 aliphatic heterocycles. The Bertz CT molecular complexity index is 348. The Hall–Kier alpha value is -0.650. The lowest BCUT2D eigenvalue weighted by atomic mass is 9.95. The van der Waals surface area contributed by atoms with Crippen molar-refractivity contribution in [2.45, 2.75) is 50.6 Å². The molecule has 2 aliphatic rings. The van der Waals surface area contributed by atoms with Crippen LogP contribution >= 0.6 is 0 Å². The van der Waals surface area contributed by atoms with Crippen LogP contribution in [0.4, 0.5) is 0 Å². The van der Waals surface area contributed by atoms with Crippen molar-refractivity contribution in [3.8, 4) is 0 Å². The second-order valence-electron chi connectivity index (χ2n) is 6.41. The number of nitrogens with zero attached hydrogens (tertiary/aromatic N) is 1. The number of nitrogens with one attached hydrogen (secondary N) is 1. The molecule has 1 saturated carbocycles. The molecule has 5 nitrogen and oxygen atoms in total. The summed E-state index contributed by atoms with van der Waals surface area (Å²) in [6.07, 6.45) is 5.29. The molecule has 2 rings (SSSR count). The fraction of sp³-hybridized carbons (Fsp3) is 0.938. The van der Waals surface area contributed by atoms with Gasteiger partial charge in [-0.15, -0.1) is 0 Å². The average molecular weight is 298 g/mol. The lowest BCUT2D eigenvalue weighted by Crippen LogP contribution is -2.51. The molecule has 21 heavy (non-hydrogen) atoms. The van der Waals surface area contributed by atoms with E-state index in [1.165, 1.54) is 12.8 Å². The van der Waals surface area contributed by atoms with E-state index in [1.54, 1.807) is 7.11 Å². The van der Waals surface area contributed by atoms with Gasteiger partial charge >= 0.3 is 5.97 Å². The predicted octanol–water partition coefficient (Wildman–Crippen LogP) is 1.42. The normalized spacial score (nSPS) is 34.0. The summed E-state index contributed by atoms with van der Waals surface area (Å²) in [6.45, 7) is 5.41. The van der Waals surface area contributed by atoms with E-state index in [-0.39, 0.29) is 5.97 Å². The van der Waals surface area contributed by atoms with Crippen LogP contribution in [0.2, 0.25) is 0 Å². The molecule has 0 spiro atoms. The Morgan fingerprint density at radius 3 is 2.90 bits per heavy atom. The topological polar surface area (TPSA) is 50.8 Å². The van der Waals surface area contributed by atoms with Crippen LogP contribution in [0.15, 0.2) is 0 Å². The molecular weight excluding hydrogens is 268 g/mol. The molecule has 3 atom stereocenters. The molecule has 1 heterocycles. The van der Waals surface area contributed by atoms with Gasteiger partial charge in [-0.25, -0.2) is 0 Å². The summed E-state index contributed by atoms with van der Waals surface area (Å²) in [5, 5.41) is 3.24. The summed E-state index contributed by atoms with van der Waals surface area (Å²) >= 11 is 0. The van der Waals surface area contributed by atoms with Gasteiger partial charge in [0.25, 0.3) is 0 Å². The Morgan fingerprint density at radius 2 is 2.24 bits per heavy atom. The van der Waals surface area contributed by atoms with Crippen LogP contribution in [0.1, 0.15) is 39.0 Å². The number of carbonyl (C=O) groups is 1. The summed E-state index contributed by atoms with van der Waals surface area (Å²) in [5.74, 6) is 0.552. The third kappa shape index (κ3) is 3.76. The quantitative estimate of drug-likeness (QED) is 0.752. The van der Waals surface area contributed by atoms with Gasteiger partial charge in [-0.2, -0.15) is 0 Å². The van der Waals surface area contributed by atoms with E-state index >= 15 is 0 Å². The SMILES string of the molecule is CCOC(=O)C1(NC)CCC(N2CCCC(COC)C2)C1. The fourth-order valence-corrected chi connectivity index (χ4v) is 3.92. The van der Waals surface area contributed by atoms with Gasteiger partial charge in [-0.05, 0) is 58.5 Å². The van der Waals surface area contributed by atoms with Crippen LogP contribution in [0, 0.1) is 5.92 Å². The van der Waals surface area contributed by atoms with E-state index in [2.05, 4.69) is 10.2 Å². The number of esters is 1. The second-order valence-corrected chi connectivity index (χ2v) is 6.41. The zero-order valence-corrected chi connectivity index (χ0v) is 13.7. The highest BCUT2D eigenvalue weighted by atomic mass is 16.5.